The molecule has 1 atom stereocenters. The molecule has 1 N–H and O–H groups in total. The Bertz CT molecular complexity index is 944. The summed E-state index contributed by atoms with van der Waals surface area (Å²) in [5.74, 6) is 0.172. The predicted octanol–water partition coefficient (Wildman–Crippen LogP) is 4.52. The summed E-state index contributed by atoms with van der Waals surface area (Å²) in [4.78, 5) is 14.6. The summed E-state index contributed by atoms with van der Waals surface area (Å²) in [6, 6.07) is 13.7. The van der Waals surface area contributed by atoms with Gasteiger partial charge in [-0.05, 0) is 55.4 Å². The smallest absolute Gasteiger partial charge is 0.286 e. The summed E-state index contributed by atoms with van der Waals surface area (Å²) in [5, 5.41) is 12.1. The first kappa shape index (κ1) is 20.9. The maximum atomic E-state index is 13.2. The van der Waals surface area contributed by atoms with E-state index in [2.05, 4.69) is 34.3 Å². The monoisotopic (exact) mass is 414 g/mol. The second-order valence-electron chi connectivity index (χ2n) is 6.47. The number of hydrogen-bond donors (Lipinski definition) is 1. The number of anilines is 1. The summed E-state index contributed by atoms with van der Waals surface area (Å²) >= 11 is 1.27. The normalized spacial score (nSPS) is 12.0. The highest BCUT2D eigenvalue weighted by Gasteiger charge is 2.19. The van der Waals surface area contributed by atoms with Gasteiger partial charge >= 0.3 is 0 Å². The molecule has 1 unspecified atom stereocenters. The zero-order valence-electron chi connectivity index (χ0n) is 16.6. The lowest BCUT2D eigenvalue weighted by Crippen LogP contribution is -2.26. The van der Waals surface area contributed by atoms with Gasteiger partial charge in [0.2, 0.25) is 5.01 Å². The van der Waals surface area contributed by atoms with E-state index in [0.717, 1.165) is 22.9 Å². The van der Waals surface area contributed by atoms with E-state index >= 15 is 0 Å². The van der Waals surface area contributed by atoms with Gasteiger partial charge in [0.05, 0.1) is 13.7 Å². The molecule has 0 aliphatic carbocycles. The highest BCUT2D eigenvalue weighted by atomic mass is 32.1. The van der Waals surface area contributed by atoms with E-state index in [4.69, 9.17) is 4.74 Å². The Hall–Kier alpha value is -2.84. The van der Waals surface area contributed by atoms with Gasteiger partial charge in [0.1, 0.15) is 16.6 Å². The molecule has 6 nitrogen and oxygen atoms in total. The minimum absolute atomic E-state index is 0.0843. The first-order chi connectivity index (χ1) is 14.0. The van der Waals surface area contributed by atoms with Crippen LogP contribution in [0.1, 0.15) is 40.3 Å². The van der Waals surface area contributed by atoms with E-state index in [9.17, 15) is 9.18 Å². The number of methoxy groups -OCH3 is 1. The third kappa shape index (κ3) is 5.36. The fourth-order valence-corrected chi connectivity index (χ4v) is 3.68. The van der Waals surface area contributed by atoms with E-state index < -0.39 is 0 Å². The number of hydrogen-bond acceptors (Lipinski definition) is 6. The number of aromatic nitrogens is 2. The molecule has 8 heteroatoms. The first-order valence-corrected chi connectivity index (χ1v) is 10.1. The summed E-state index contributed by atoms with van der Waals surface area (Å²) < 4.78 is 18.3. The molecule has 0 saturated carbocycles. The molecule has 0 aliphatic rings. The van der Waals surface area contributed by atoms with Gasteiger partial charge in [0.25, 0.3) is 5.91 Å². The lowest BCUT2D eigenvalue weighted by atomic mass is 10.1. The van der Waals surface area contributed by atoms with Crippen LogP contribution in [-0.4, -0.2) is 34.7 Å². The number of ether oxygens (including phenoxy) is 1. The lowest BCUT2D eigenvalue weighted by molar-refractivity contribution is 0.102. The second kappa shape index (κ2) is 9.58. The molecule has 152 valence electrons. The van der Waals surface area contributed by atoms with Gasteiger partial charge in [-0.3, -0.25) is 9.69 Å². The number of amides is 1. The molecule has 1 aromatic heterocycles. The van der Waals surface area contributed by atoms with Crippen molar-refractivity contribution in [2.75, 3.05) is 19.0 Å². The first-order valence-electron chi connectivity index (χ1n) is 9.27. The minimum atomic E-state index is -0.298. The van der Waals surface area contributed by atoms with Crippen molar-refractivity contribution in [2.45, 2.75) is 26.4 Å². The molecule has 29 heavy (non-hydrogen) atoms. The minimum Gasteiger partial charge on any atom is -0.497 e. The van der Waals surface area contributed by atoms with Gasteiger partial charge in [0.15, 0.2) is 0 Å². The topological polar surface area (TPSA) is 67.4 Å². The predicted molar refractivity (Wildman–Crippen MR) is 112 cm³/mol. The number of halogens is 1. The van der Waals surface area contributed by atoms with E-state index in [0.29, 0.717) is 17.2 Å². The van der Waals surface area contributed by atoms with Gasteiger partial charge in [0, 0.05) is 11.7 Å². The fourth-order valence-electron chi connectivity index (χ4n) is 2.92. The summed E-state index contributed by atoms with van der Waals surface area (Å²) in [6.07, 6.45) is 0. The van der Waals surface area contributed by atoms with Crippen LogP contribution in [0.2, 0.25) is 0 Å². The van der Waals surface area contributed by atoms with Crippen molar-refractivity contribution in [2.24, 2.45) is 0 Å². The van der Waals surface area contributed by atoms with E-state index in [-0.39, 0.29) is 17.8 Å². The molecule has 3 aromatic rings. The van der Waals surface area contributed by atoms with Crippen LogP contribution < -0.4 is 10.1 Å². The summed E-state index contributed by atoms with van der Waals surface area (Å²) in [7, 11) is 1.59. The standard InChI is InChI=1S/C21H23FN4O2S/c1-4-26(14(2)15-5-7-16(22)8-6-15)13-19-24-25-21(29-19)20(27)23-17-9-11-18(28-3)12-10-17/h5-12,14H,4,13H2,1-3H3,(H,23,27). The Kier molecular flexibility index (Phi) is 6.90. The third-order valence-corrected chi connectivity index (χ3v) is 5.56. The van der Waals surface area contributed by atoms with Gasteiger partial charge in [-0.15, -0.1) is 10.2 Å². The van der Waals surface area contributed by atoms with Crippen molar-refractivity contribution in [1.29, 1.82) is 0 Å². The number of benzene rings is 2. The zero-order valence-corrected chi connectivity index (χ0v) is 17.4. The number of carbonyl (C=O) groups excluding carboxylic acids is 1. The molecule has 0 fully saturated rings. The van der Waals surface area contributed by atoms with Crippen molar-refractivity contribution >= 4 is 22.9 Å². The highest BCUT2D eigenvalue weighted by Crippen LogP contribution is 2.24. The van der Waals surface area contributed by atoms with Crippen LogP contribution in [0.15, 0.2) is 48.5 Å². The molecule has 1 amide bonds. The maximum Gasteiger partial charge on any atom is 0.286 e. The van der Waals surface area contributed by atoms with Crippen molar-refractivity contribution in [3.05, 3.63) is 69.9 Å². The SMILES string of the molecule is CCN(Cc1nnc(C(=O)Nc2ccc(OC)cc2)s1)C(C)c1ccc(F)cc1. The Balaban J connectivity index is 1.64. The molecule has 0 radical (unpaired) electrons. The Morgan fingerprint density at radius 3 is 2.48 bits per heavy atom. The Labute approximate surface area is 173 Å². The van der Waals surface area contributed by atoms with Crippen molar-refractivity contribution in [1.82, 2.24) is 15.1 Å². The Morgan fingerprint density at radius 1 is 1.17 bits per heavy atom. The number of nitrogens with zero attached hydrogens (tertiary/aromatic N) is 3. The van der Waals surface area contributed by atoms with E-state index in [1.165, 1.54) is 23.5 Å². The van der Waals surface area contributed by atoms with Crippen LogP contribution >= 0.6 is 11.3 Å². The van der Waals surface area contributed by atoms with Gasteiger partial charge < -0.3 is 10.1 Å². The average molecular weight is 415 g/mol. The van der Waals surface area contributed by atoms with Gasteiger partial charge in [-0.25, -0.2) is 4.39 Å². The molecule has 0 saturated heterocycles. The fraction of sp³-hybridized carbons (Fsp3) is 0.286. The van der Waals surface area contributed by atoms with Crippen molar-refractivity contribution in [3.8, 4) is 5.75 Å². The largest absolute Gasteiger partial charge is 0.497 e. The van der Waals surface area contributed by atoms with Gasteiger partial charge in [-0.2, -0.15) is 0 Å². The number of rotatable bonds is 8. The quantitative estimate of drug-likeness (QED) is 0.587. The zero-order chi connectivity index (χ0) is 20.8. The number of nitrogens with one attached hydrogen (secondary N) is 1. The molecule has 0 bridgehead atoms. The van der Waals surface area contributed by atoms with Crippen LogP contribution in [0, 0.1) is 5.82 Å². The molecule has 0 spiro atoms. The second-order valence-corrected chi connectivity index (χ2v) is 7.54. The lowest BCUT2D eigenvalue weighted by Gasteiger charge is -2.27. The van der Waals surface area contributed by atoms with Crippen molar-refractivity contribution in [3.63, 3.8) is 0 Å². The number of carbonyl (C=O) groups is 1. The van der Waals surface area contributed by atoms with Crippen LogP contribution in [-0.2, 0) is 6.54 Å². The third-order valence-electron chi connectivity index (χ3n) is 4.65. The molecule has 2 aromatic carbocycles. The highest BCUT2D eigenvalue weighted by molar-refractivity contribution is 7.13. The van der Waals surface area contributed by atoms with Crippen LogP contribution in [0.25, 0.3) is 0 Å². The summed E-state index contributed by atoms with van der Waals surface area (Å²) in [6.45, 7) is 5.46. The molecule has 0 aliphatic heterocycles. The van der Waals surface area contributed by atoms with Crippen LogP contribution in [0.5, 0.6) is 5.75 Å². The molecule has 1 heterocycles. The molecule has 3 rings (SSSR count). The molecular weight excluding hydrogens is 391 g/mol. The summed E-state index contributed by atoms with van der Waals surface area (Å²) in [5.41, 5.74) is 1.68. The Morgan fingerprint density at radius 2 is 1.86 bits per heavy atom. The maximum absolute atomic E-state index is 13.2. The van der Waals surface area contributed by atoms with Crippen LogP contribution in [0.4, 0.5) is 10.1 Å². The van der Waals surface area contributed by atoms with E-state index in [1.54, 1.807) is 43.5 Å². The molecular formula is C21H23FN4O2S. The van der Waals surface area contributed by atoms with Crippen molar-refractivity contribution < 1.29 is 13.9 Å². The van der Waals surface area contributed by atoms with Crippen LogP contribution in [0.3, 0.4) is 0 Å². The average Bonchev–Trinajstić information content (AvgIpc) is 3.21. The van der Waals surface area contributed by atoms with Gasteiger partial charge in [-0.1, -0.05) is 30.4 Å². The van der Waals surface area contributed by atoms with E-state index in [1.807, 2.05) is 0 Å².